The number of imidazole rings is 1. The van der Waals surface area contributed by atoms with Crippen LogP contribution in [0.4, 0.5) is 13.2 Å². The Bertz CT molecular complexity index is 1600. The molecule has 1 N–H and O–H groups in total. The monoisotopic (exact) mass is 608 g/mol. The van der Waals surface area contributed by atoms with Gasteiger partial charge >= 0.3 is 12.6 Å². The quantitative estimate of drug-likeness (QED) is 0.225. The third-order valence-corrected chi connectivity index (χ3v) is 7.28. The van der Waals surface area contributed by atoms with Gasteiger partial charge in [-0.1, -0.05) is 29.3 Å². The van der Waals surface area contributed by atoms with E-state index in [0.29, 0.717) is 53.5 Å². The summed E-state index contributed by atoms with van der Waals surface area (Å²) in [6.45, 7) is -0.0455. The number of alkyl halides is 2. The van der Waals surface area contributed by atoms with Crippen LogP contribution < -0.4 is 4.74 Å². The smallest absolute Gasteiger partial charge is 0.345 e. The fraction of sp³-hybridized carbons (Fsp3) is 0.321. The number of aromatic nitrogens is 3. The van der Waals surface area contributed by atoms with E-state index in [-0.39, 0.29) is 29.6 Å². The fourth-order valence-corrected chi connectivity index (χ4v) is 5.18. The molecule has 13 heteroatoms. The summed E-state index contributed by atoms with van der Waals surface area (Å²) in [5.74, 6) is -0.857. The van der Waals surface area contributed by atoms with E-state index in [0.717, 1.165) is 11.3 Å². The number of ether oxygens (including phenoxy) is 2. The van der Waals surface area contributed by atoms with Crippen LogP contribution in [0.2, 0.25) is 10.0 Å². The summed E-state index contributed by atoms with van der Waals surface area (Å²) >= 11 is 12.2. The Morgan fingerprint density at radius 1 is 1.15 bits per heavy atom. The molecule has 0 saturated heterocycles. The molecule has 3 heterocycles. The lowest BCUT2D eigenvalue weighted by Gasteiger charge is -2.28. The van der Waals surface area contributed by atoms with Crippen LogP contribution >= 0.6 is 23.2 Å². The number of halogens is 5. The molecule has 0 saturated carbocycles. The highest BCUT2D eigenvalue weighted by molar-refractivity contribution is 6.32. The van der Waals surface area contributed by atoms with Gasteiger partial charge in [0, 0.05) is 23.7 Å². The summed E-state index contributed by atoms with van der Waals surface area (Å²) < 4.78 is 52.1. The van der Waals surface area contributed by atoms with Crippen molar-refractivity contribution in [2.45, 2.75) is 52.3 Å². The molecule has 41 heavy (non-hydrogen) atoms. The van der Waals surface area contributed by atoms with Crippen LogP contribution in [0.1, 0.15) is 39.9 Å². The molecule has 8 nitrogen and oxygen atoms in total. The number of aromatic carboxylic acids is 1. The SMILES string of the molecule is C[C@H](Cn1c(CN2CCc3cc(Cl)c(OCc4ccc(Cl)cc4F)nc3C2)nc2ccc(C(=O)O)cc21)OC(F)F. The molecule has 0 amide bonds. The number of hydrogen-bond acceptors (Lipinski definition) is 6. The summed E-state index contributed by atoms with van der Waals surface area (Å²) in [6, 6.07) is 10.6. The van der Waals surface area contributed by atoms with Gasteiger partial charge < -0.3 is 19.1 Å². The van der Waals surface area contributed by atoms with E-state index >= 15 is 0 Å². The van der Waals surface area contributed by atoms with E-state index in [1.807, 2.05) is 0 Å². The predicted octanol–water partition coefficient (Wildman–Crippen LogP) is 6.34. The molecule has 0 spiro atoms. The van der Waals surface area contributed by atoms with Crippen molar-refractivity contribution in [2.75, 3.05) is 6.54 Å². The van der Waals surface area contributed by atoms with Crippen molar-refractivity contribution in [2.24, 2.45) is 0 Å². The molecule has 1 aliphatic rings. The van der Waals surface area contributed by atoms with Gasteiger partial charge in [0.15, 0.2) is 0 Å². The van der Waals surface area contributed by atoms with Crippen molar-refractivity contribution in [3.05, 3.63) is 86.5 Å². The fourth-order valence-electron chi connectivity index (χ4n) is 4.80. The molecule has 216 valence electrons. The molecule has 0 fully saturated rings. The third-order valence-electron chi connectivity index (χ3n) is 6.78. The number of carboxylic acids is 1. The first-order chi connectivity index (χ1) is 19.6. The van der Waals surface area contributed by atoms with Gasteiger partial charge in [0.25, 0.3) is 0 Å². The Balaban J connectivity index is 1.37. The van der Waals surface area contributed by atoms with Gasteiger partial charge in [-0.15, -0.1) is 0 Å². The minimum absolute atomic E-state index is 0.0524. The summed E-state index contributed by atoms with van der Waals surface area (Å²) in [5.41, 5.74) is 3.11. The summed E-state index contributed by atoms with van der Waals surface area (Å²) in [7, 11) is 0. The van der Waals surface area contributed by atoms with Crippen LogP contribution in [-0.4, -0.2) is 49.8 Å². The standard InChI is InChI=1S/C28H25Cl2F3N4O4/c1-15(41-28(32)33)11-37-24-9-17(27(38)39)3-5-22(24)34-25(37)13-36-7-6-16-8-20(30)26(35-23(16)12-36)40-14-18-2-4-19(29)10-21(18)31/h2-5,8-10,15,28H,6-7,11-14H2,1H3,(H,38,39)/t15-/m1/s1. The van der Waals surface area contributed by atoms with Crippen LogP contribution in [0.5, 0.6) is 5.88 Å². The summed E-state index contributed by atoms with van der Waals surface area (Å²) in [4.78, 5) is 22.9. The molecule has 0 radical (unpaired) electrons. The van der Waals surface area contributed by atoms with Gasteiger partial charge in [0.1, 0.15) is 23.3 Å². The number of nitrogens with zero attached hydrogens (tertiary/aromatic N) is 4. The Morgan fingerprint density at radius 2 is 1.95 bits per heavy atom. The number of carboxylic acid groups (broad SMARTS) is 1. The lowest BCUT2D eigenvalue weighted by atomic mass is 10.1. The number of hydrogen-bond donors (Lipinski definition) is 1. The molecular weight excluding hydrogens is 584 g/mol. The van der Waals surface area contributed by atoms with Gasteiger partial charge in [-0.25, -0.2) is 19.2 Å². The molecule has 1 aliphatic heterocycles. The highest BCUT2D eigenvalue weighted by atomic mass is 35.5. The average molecular weight is 609 g/mol. The van der Waals surface area contributed by atoms with Crippen LogP contribution in [0.25, 0.3) is 11.0 Å². The maximum atomic E-state index is 14.2. The third kappa shape index (κ3) is 6.75. The Labute approximate surface area is 243 Å². The van der Waals surface area contributed by atoms with E-state index in [9.17, 15) is 23.1 Å². The molecular formula is C28H25Cl2F3N4O4. The van der Waals surface area contributed by atoms with E-state index in [1.54, 1.807) is 22.8 Å². The first-order valence-corrected chi connectivity index (χ1v) is 13.5. The Morgan fingerprint density at radius 3 is 2.68 bits per heavy atom. The van der Waals surface area contributed by atoms with Gasteiger partial charge in [0.05, 0.1) is 41.5 Å². The zero-order chi connectivity index (χ0) is 29.3. The van der Waals surface area contributed by atoms with Crippen LogP contribution in [0, 0.1) is 5.82 Å². The second kappa shape index (κ2) is 12.2. The topological polar surface area (TPSA) is 89.7 Å². The minimum Gasteiger partial charge on any atom is -0.478 e. The van der Waals surface area contributed by atoms with Crippen molar-refractivity contribution >= 4 is 40.2 Å². The van der Waals surface area contributed by atoms with E-state index in [4.69, 9.17) is 27.9 Å². The summed E-state index contributed by atoms with van der Waals surface area (Å²) in [5, 5.41) is 10.1. The number of fused-ring (bicyclic) bond motifs is 2. The molecule has 2 aromatic carbocycles. The Kier molecular flexibility index (Phi) is 8.69. The molecule has 0 unspecified atom stereocenters. The van der Waals surface area contributed by atoms with E-state index < -0.39 is 24.5 Å². The zero-order valence-corrected chi connectivity index (χ0v) is 23.3. The molecule has 5 rings (SSSR count). The average Bonchev–Trinajstić information content (AvgIpc) is 3.23. The van der Waals surface area contributed by atoms with Crippen LogP contribution in [-0.2, 0) is 37.4 Å². The predicted molar refractivity (Wildman–Crippen MR) is 146 cm³/mol. The minimum atomic E-state index is -2.94. The van der Waals surface area contributed by atoms with E-state index in [1.165, 1.54) is 31.2 Å². The molecule has 4 aromatic rings. The van der Waals surface area contributed by atoms with Gasteiger partial charge in [-0.3, -0.25) is 4.90 Å². The molecule has 2 aromatic heterocycles. The first kappa shape index (κ1) is 29.1. The maximum Gasteiger partial charge on any atom is 0.345 e. The summed E-state index contributed by atoms with van der Waals surface area (Å²) in [6.07, 6.45) is -0.210. The van der Waals surface area contributed by atoms with Crippen molar-refractivity contribution in [1.29, 1.82) is 0 Å². The van der Waals surface area contributed by atoms with Crippen molar-refractivity contribution in [1.82, 2.24) is 19.4 Å². The van der Waals surface area contributed by atoms with E-state index in [2.05, 4.69) is 19.6 Å². The van der Waals surface area contributed by atoms with Crippen LogP contribution in [0.3, 0.4) is 0 Å². The van der Waals surface area contributed by atoms with Crippen molar-refractivity contribution < 1.29 is 32.5 Å². The molecule has 0 bridgehead atoms. The Hall–Kier alpha value is -3.38. The normalized spacial score (nSPS) is 14.4. The van der Waals surface area contributed by atoms with Crippen molar-refractivity contribution in [3.63, 3.8) is 0 Å². The van der Waals surface area contributed by atoms with Gasteiger partial charge in [-0.2, -0.15) is 8.78 Å². The number of rotatable bonds is 10. The van der Waals surface area contributed by atoms with Crippen molar-refractivity contribution in [3.8, 4) is 5.88 Å². The second-order valence-corrected chi connectivity index (χ2v) is 10.6. The molecule has 1 atom stereocenters. The highest BCUT2D eigenvalue weighted by Crippen LogP contribution is 2.30. The lowest BCUT2D eigenvalue weighted by Crippen LogP contribution is -2.32. The largest absolute Gasteiger partial charge is 0.478 e. The number of carbonyl (C=O) groups is 1. The highest BCUT2D eigenvalue weighted by Gasteiger charge is 2.24. The van der Waals surface area contributed by atoms with Crippen LogP contribution in [0.15, 0.2) is 42.5 Å². The lowest BCUT2D eigenvalue weighted by molar-refractivity contribution is -0.160. The second-order valence-electron chi connectivity index (χ2n) is 9.72. The maximum absolute atomic E-state index is 14.2. The molecule has 0 aliphatic carbocycles. The first-order valence-electron chi connectivity index (χ1n) is 12.7. The number of benzene rings is 2. The van der Waals surface area contributed by atoms with Gasteiger partial charge in [-0.05, 0) is 55.3 Å². The number of pyridine rings is 1. The van der Waals surface area contributed by atoms with Gasteiger partial charge in [0.2, 0.25) is 5.88 Å². The zero-order valence-electron chi connectivity index (χ0n) is 21.8.